The largest absolute Gasteiger partial charge is 0.349 e. The van der Waals surface area contributed by atoms with Crippen LogP contribution in [0.1, 0.15) is 18.3 Å². The first-order chi connectivity index (χ1) is 7.95. The molecule has 0 aromatic carbocycles. The summed E-state index contributed by atoms with van der Waals surface area (Å²) in [6.45, 7) is 5.35. The lowest BCUT2D eigenvalue weighted by molar-refractivity contribution is 0.478. The standard InChI is InChI=1S/C11H22N6.HI/c1-7-17-13-9(2)10(14-17)8-12-11(15(3)4)16(5)6;/h7-8H2,1-6H3;1H. The van der Waals surface area contributed by atoms with Gasteiger partial charge in [0.2, 0.25) is 0 Å². The number of hydrogen-bond acceptors (Lipinski definition) is 3. The number of halogens is 1. The SMILES string of the molecule is CCn1nc(C)c(CN=C(N(C)C)N(C)C)n1.I. The molecule has 0 amide bonds. The predicted molar refractivity (Wildman–Crippen MR) is 84.4 cm³/mol. The maximum atomic E-state index is 4.55. The molecule has 104 valence electrons. The second kappa shape index (κ2) is 7.55. The van der Waals surface area contributed by atoms with Crippen LogP contribution in [0.2, 0.25) is 0 Å². The van der Waals surface area contributed by atoms with E-state index in [1.807, 2.05) is 51.8 Å². The van der Waals surface area contributed by atoms with Crippen molar-refractivity contribution < 1.29 is 0 Å². The van der Waals surface area contributed by atoms with Gasteiger partial charge in [0, 0.05) is 28.2 Å². The van der Waals surface area contributed by atoms with E-state index in [1.54, 1.807) is 4.80 Å². The highest BCUT2D eigenvalue weighted by atomic mass is 127. The third-order valence-electron chi connectivity index (χ3n) is 2.37. The molecule has 0 unspecified atom stereocenters. The topological polar surface area (TPSA) is 49.6 Å². The molecule has 0 aliphatic rings. The van der Waals surface area contributed by atoms with Crippen molar-refractivity contribution in [1.82, 2.24) is 24.8 Å². The number of hydrogen-bond donors (Lipinski definition) is 0. The monoisotopic (exact) mass is 366 g/mol. The Balaban J connectivity index is 0.00000289. The van der Waals surface area contributed by atoms with Crippen LogP contribution in [0.5, 0.6) is 0 Å². The van der Waals surface area contributed by atoms with Gasteiger partial charge in [-0.1, -0.05) is 0 Å². The Morgan fingerprint density at radius 3 is 2.11 bits per heavy atom. The van der Waals surface area contributed by atoms with Crippen LogP contribution in [0.25, 0.3) is 0 Å². The Kier molecular flexibility index (Phi) is 7.19. The zero-order valence-corrected chi connectivity index (χ0v) is 14.3. The van der Waals surface area contributed by atoms with Gasteiger partial charge < -0.3 is 9.80 Å². The Hall–Kier alpha value is -0.860. The lowest BCUT2D eigenvalue weighted by Gasteiger charge is -2.22. The van der Waals surface area contributed by atoms with E-state index in [0.29, 0.717) is 6.54 Å². The van der Waals surface area contributed by atoms with Crippen LogP contribution < -0.4 is 0 Å². The van der Waals surface area contributed by atoms with E-state index >= 15 is 0 Å². The average molecular weight is 366 g/mol. The average Bonchev–Trinajstić information content (AvgIpc) is 2.59. The quantitative estimate of drug-likeness (QED) is 0.458. The van der Waals surface area contributed by atoms with Crippen molar-refractivity contribution >= 4 is 29.9 Å². The second-order valence-electron chi connectivity index (χ2n) is 4.33. The van der Waals surface area contributed by atoms with Gasteiger partial charge in [0.15, 0.2) is 5.96 Å². The molecule has 0 aliphatic heterocycles. The first kappa shape index (κ1) is 17.1. The summed E-state index contributed by atoms with van der Waals surface area (Å²) in [6, 6.07) is 0. The fourth-order valence-corrected chi connectivity index (χ4v) is 1.58. The van der Waals surface area contributed by atoms with E-state index in [4.69, 9.17) is 0 Å². The summed E-state index contributed by atoms with van der Waals surface area (Å²) in [5.41, 5.74) is 1.89. The summed E-state index contributed by atoms with van der Waals surface area (Å²) in [6.07, 6.45) is 0. The third-order valence-corrected chi connectivity index (χ3v) is 2.37. The molecule has 7 heteroatoms. The zero-order valence-electron chi connectivity index (χ0n) is 12.0. The van der Waals surface area contributed by atoms with Gasteiger partial charge in [-0.25, -0.2) is 4.99 Å². The van der Waals surface area contributed by atoms with Gasteiger partial charge in [0.1, 0.15) is 5.69 Å². The molecule has 0 saturated heterocycles. The summed E-state index contributed by atoms with van der Waals surface area (Å²) >= 11 is 0. The van der Waals surface area contributed by atoms with Crippen molar-refractivity contribution in [3.8, 4) is 0 Å². The molecule has 6 nitrogen and oxygen atoms in total. The summed E-state index contributed by atoms with van der Waals surface area (Å²) in [4.78, 5) is 10.2. The predicted octanol–water partition coefficient (Wildman–Crippen LogP) is 1.20. The molecule has 1 aromatic heterocycles. The summed E-state index contributed by atoms with van der Waals surface area (Å²) in [7, 11) is 7.92. The number of aliphatic imine (C=N–C) groups is 1. The highest BCUT2D eigenvalue weighted by Gasteiger charge is 2.08. The number of nitrogens with zero attached hydrogens (tertiary/aromatic N) is 6. The van der Waals surface area contributed by atoms with Gasteiger partial charge in [0.25, 0.3) is 0 Å². The van der Waals surface area contributed by atoms with Gasteiger partial charge in [0.05, 0.1) is 18.8 Å². The van der Waals surface area contributed by atoms with E-state index in [1.165, 1.54) is 0 Å². The minimum absolute atomic E-state index is 0. The van der Waals surface area contributed by atoms with Gasteiger partial charge in [-0.3, -0.25) is 0 Å². The van der Waals surface area contributed by atoms with Crippen LogP contribution in [0, 0.1) is 6.92 Å². The van der Waals surface area contributed by atoms with E-state index < -0.39 is 0 Å². The molecule has 0 fully saturated rings. The minimum atomic E-state index is 0. The van der Waals surface area contributed by atoms with Gasteiger partial charge in [-0.2, -0.15) is 15.0 Å². The molecule has 1 heterocycles. The van der Waals surface area contributed by atoms with Crippen LogP contribution >= 0.6 is 24.0 Å². The Morgan fingerprint density at radius 2 is 1.72 bits per heavy atom. The van der Waals surface area contributed by atoms with Crippen molar-refractivity contribution in [3.63, 3.8) is 0 Å². The first-order valence-corrected chi connectivity index (χ1v) is 5.75. The van der Waals surface area contributed by atoms with Crippen molar-refractivity contribution in [2.75, 3.05) is 28.2 Å². The molecule has 0 saturated carbocycles. The molecule has 1 aromatic rings. The van der Waals surface area contributed by atoms with E-state index in [0.717, 1.165) is 23.9 Å². The maximum absolute atomic E-state index is 4.55. The van der Waals surface area contributed by atoms with Crippen LogP contribution in [0.15, 0.2) is 4.99 Å². The molecule has 0 spiro atoms. The third kappa shape index (κ3) is 4.43. The molecule has 0 atom stereocenters. The van der Waals surface area contributed by atoms with Crippen LogP contribution in [-0.2, 0) is 13.1 Å². The Labute approximate surface area is 126 Å². The van der Waals surface area contributed by atoms with Crippen LogP contribution in [-0.4, -0.2) is 58.9 Å². The van der Waals surface area contributed by atoms with Crippen molar-refractivity contribution in [3.05, 3.63) is 11.4 Å². The van der Waals surface area contributed by atoms with Gasteiger partial charge in [-0.15, -0.1) is 24.0 Å². The molecule has 0 aliphatic carbocycles. The van der Waals surface area contributed by atoms with E-state index in [2.05, 4.69) is 15.2 Å². The van der Waals surface area contributed by atoms with Gasteiger partial charge in [-0.05, 0) is 13.8 Å². The summed E-state index contributed by atoms with van der Waals surface area (Å²) in [5.74, 6) is 0.926. The molecule has 18 heavy (non-hydrogen) atoms. The fourth-order valence-electron chi connectivity index (χ4n) is 1.58. The van der Waals surface area contributed by atoms with Gasteiger partial charge >= 0.3 is 0 Å². The maximum Gasteiger partial charge on any atom is 0.195 e. The van der Waals surface area contributed by atoms with E-state index in [-0.39, 0.29) is 24.0 Å². The number of aromatic nitrogens is 3. The number of rotatable bonds is 3. The molecular formula is C11H23IN6. The normalized spacial score (nSPS) is 9.67. The molecular weight excluding hydrogens is 343 g/mol. The zero-order chi connectivity index (χ0) is 13.0. The fraction of sp³-hybridized carbons (Fsp3) is 0.727. The molecule has 0 radical (unpaired) electrons. The smallest absolute Gasteiger partial charge is 0.195 e. The van der Waals surface area contributed by atoms with Crippen LogP contribution in [0.3, 0.4) is 0 Å². The molecule has 0 bridgehead atoms. The van der Waals surface area contributed by atoms with Crippen molar-refractivity contribution in [2.45, 2.75) is 26.9 Å². The summed E-state index contributed by atoms with van der Waals surface area (Å²) in [5, 5.41) is 8.69. The number of guanidine groups is 1. The lowest BCUT2D eigenvalue weighted by Crippen LogP contribution is -2.35. The minimum Gasteiger partial charge on any atom is -0.349 e. The van der Waals surface area contributed by atoms with Crippen LogP contribution in [0.4, 0.5) is 0 Å². The Morgan fingerprint density at radius 1 is 1.17 bits per heavy atom. The Bertz CT molecular complexity index is 386. The second-order valence-corrected chi connectivity index (χ2v) is 4.33. The van der Waals surface area contributed by atoms with E-state index in [9.17, 15) is 0 Å². The summed E-state index contributed by atoms with van der Waals surface area (Å²) < 4.78 is 0. The highest BCUT2D eigenvalue weighted by Crippen LogP contribution is 2.04. The van der Waals surface area contributed by atoms with Crippen molar-refractivity contribution in [1.29, 1.82) is 0 Å². The van der Waals surface area contributed by atoms with Crippen molar-refractivity contribution in [2.24, 2.45) is 4.99 Å². The molecule has 0 N–H and O–H groups in total. The first-order valence-electron chi connectivity index (χ1n) is 5.75. The highest BCUT2D eigenvalue weighted by molar-refractivity contribution is 14.0. The number of aryl methyl sites for hydroxylation is 2. The lowest BCUT2D eigenvalue weighted by atomic mass is 10.3. The molecule has 1 rings (SSSR count).